The van der Waals surface area contributed by atoms with Crippen molar-refractivity contribution in [2.45, 2.75) is 13.0 Å². The highest BCUT2D eigenvalue weighted by Gasteiger charge is 2.18. The van der Waals surface area contributed by atoms with Crippen molar-refractivity contribution in [1.82, 2.24) is 5.32 Å². The van der Waals surface area contributed by atoms with Crippen LogP contribution in [0.5, 0.6) is 0 Å². The summed E-state index contributed by atoms with van der Waals surface area (Å²) in [6, 6.07) is 7.87. The summed E-state index contributed by atoms with van der Waals surface area (Å²) >= 11 is 9.56. The van der Waals surface area contributed by atoms with Gasteiger partial charge in [0.05, 0.1) is 16.8 Å². The van der Waals surface area contributed by atoms with Gasteiger partial charge in [-0.25, -0.2) is 0 Å². The minimum atomic E-state index is -0.00299. The molecule has 0 radical (unpaired) electrons. The maximum atomic E-state index is 6.08. The third kappa shape index (κ3) is 2.73. The minimum Gasteiger partial charge on any atom is -0.466 e. The van der Waals surface area contributed by atoms with Gasteiger partial charge in [-0.05, 0) is 59.2 Å². The van der Waals surface area contributed by atoms with Crippen LogP contribution in [0, 0.1) is 6.92 Å². The Hall–Kier alpha value is -0.770. The first-order valence-electron chi connectivity index (χ1n) is 5.29. The lowest BCUT2D eigenvalue weighted by molar-refractivity contribution is 0.461. The van der Waals surface area contributed by atoms with E-state index >= 15 is 0 Å². The van der Waals surface area contributed by atoms with Crippen LogP contribution in [0.2, 0.25) is 5.02 Å². The number of rotatable bonds is 3. The van der Waals surface area contributed by atoms with E-state index in [1.54, 1.807) is 6.26 Å². The van der Waals surface area contributed by atoms with Gasteiger partial charge in [-0.2, -0.15) is 0 Å². The number of furan rings is 1. The Bertz CT molecular complexity index is 504. The number of hydrogen-bond acceptors (Lipinski definition) is 2. The molecule has 0 saturated heterocycles. The van der Waals surface area contributed by atoms with Crippen LogP contribution in [0.3, 0.4) is 0 Å². The van der Waals surface area contributed by atoms with Crippen molar-refractivity contribution in [1.29, 1.82) is 0 Å². The van der Waals surface area contributed by atoms with Gasteiger partial charge in [-0.15, -0.1) is 0 Å². The van der Waals surface area contributed by atoms with Gasteiger partial charge in [0, 0.05) is 5.02 Å². The van der Waals surface area contributed by atoms with Gasteiger partial charge in [0.15, 0.2) is 0 Å². The van der Waals surface area contributed by atoms with Crippen molar-refractivity contribution in [2.24, 2.45) is 0 Å². The zero-order chi connectivity index (χ0) is 12.4. The molecule has 0 amide bonds. The van der Waals surface area contributed by atoms with Gasteiger partial charge in [0.2, 0.25) is 0 Å². The predicted molar refractivity (Wildman–Crippen MR) is 73.5 cm³/mol. The summed E-state index contributed by atoms with van der Waals surface area (Å²) in [7, 11) is 1.90. The molecule has 17 heavy (non-hydrogen) atoms. The summed E-state index contributed by atoms with van der Waals surface area (Å²) in [5.74, 6) is 0.856. The quantitative estimate of drug-likeness (QED) is 0.913. The molecule has 0 aliphatic heterocycles. The van der Waals surface area contributed by atoms with Crippen LogP contribution in [0.25, 0.3) is 0 Å². The lowest BCUT2D eigenvalue weighted by Gasteiger charge is -2.16. The van der Waals surface area contributed by atoms with Gasteiger partial charge in [-0.1, -0.05) is 17.7 Å². The maximum Gasteiger partial charge on any atom is 0.139 e. The van der Waals surface area contributed by atoms with E-state index in [9.17, 15) is 0 Å². The van der Waals surface area contributed by atoms with Crippen LogP contribution in [0.15, 0.2) is 39.4 Å². The molecule has 90 valence electrons. The molecule has 0 spiro atoms. The first kappa shape index (κ1) is 12.7. The molecular weight excluding hydrogens is 302 g/mol. The topological polar surface area (TPSA) is 25.2 Å². The van der Waals surface area contributed by atoms with Gasteiger partial charge >= 0.3 is 0 Å². The van der Waals surface area contributed by atoms with Crippen LogP contribution in [-0.4, -0.2) is 7.05 Å². The Morgan fingerprint density at radius 3 is 2.65 bits per heavy atom. The van der Waals surface area contributed by atoms with Gasteiger partial charge in [-0.3, -0.25) is 0 Å². The van der Waals surface area contributed by atoms with E-state index in [-0.39, 0.29) is 6.04 Å². The molecule has 1 atom stereocenters. The highest BCUT2D eigenvalue weighted by molar-refractivity contribution is 9.10. The molecule has 2 rings (SSSR count). The van der Waals surface area contributed by atoms with Crippen LogP contribution in [0.1, 0.15) is 22.9 Å². The Kier molecular flexibility index (Phi) is 3.92. The summed E-state index contributed by atoms with van der Waals surface area (Å²) < 4.78 is 6.45. The third-order valence-corrected chi connectivity index (χ3v) is 3.47. The van der Waals surface area contributed by atoms with Gasteiger partial charge in [0.1, 0.15) is 5.76 Å². The first-order valence-corrected chi connectivity index (χ1v) is 6.46. The summed E-state index contributed by atoms with van der Waals surface area (Å²) in [6.07, 6.45) is 1.67. The number of halogens is 2. The monoisotopic (exact) mass is 313 g/mol. The Balaban J connectivity index is 2.45. The Morgan fingerprint density at radius 2 is 2.12 bits per heavy atom. The Morgan fingerprint density at radius 1 is 1.35 bits per heavy atom. The predicted octanol–water partition coefficient (Wildman–Crippen LogP) is 4.31. The lowest BCUT2D eigenvalue weighted by atomic mass is 10.0. The van der Waals surface area contributed by atoms with E-state index in [2.05, 4.69) is 27.3 Å². The summed E-state index contributed by atoms with van der Waals surface area (Å²) in [6.45, 7) is 2.03. The second kappa shape index (κ2) is 5.25. The normalized spacial score (nSPS) is 12.7. The van der Waals surface area contributed by atoms with E-state index in [1.807, 2.05) is 32.2 Å². The summed E-state index contributed by atoms with van der Waals surface area (Å²) in [5, 5.41) is 3.97. The van der Waals surface area contributed by atoms with Crippen molar-refractivity contribution < 1.29 is 4.42 Å². The molecule has 0 aliphatic carbocycles. The zero-order valence-corrected chi connectivity index (χ0v) is 12.0. The van der Waals surface area contributed by atoms with E-state index in [4.69, 9.17) is 16.0 Å². The summed E-state index contributed by atoms with van der Waals surface area (Å²) in [4.78, 5) is 0. The molecule has 2 aromatic rings. The molecule has 0 fully saturated rings. The molecule has 1 aromatic carbocycles. The van der Waals surface area contributed by atoms with Crippen LogP contribution >= 0.6 is 27.5 Å². The number of aryl methyl sites for hydroxylation is 1. The van der Waals surface area contributed by atoms with Gasteiger partial charge < -0.3 is 9.73 Å². The highest BCUT2D eigenvalue weighted by Crippen LogP contribution is 2.31. The fourth-order valence-electron chi connectivity index (χ4n) is 1.89. The van der Waals surface area contributed by atoms with Crippen LogP contribution < -0.4 is 5.32 Å². The largest absolute Gasteiger partial charge is 0.466 e. The molecular formula is C13H13BrClNO. The van der Waals surface area contributed by atoms with Crippen molar-refractivity contribution >= 4 is 27.5 Å². The van der Waals surface area contributed by atoms with Crippen LogP contribution in [0.4, 0.5) is 0 Å². The third-order valence-electron chi connectivity index (χ3n) is 2.59. The van der Waals surface area contributed by atoms with E-state index in [0.29, 0.717) is 0 Å². The second-order valence-electron chi connectivity index (χ2n) is 3.92. The molecule has 0 aliphatic rings. The van der Waals surface area contributed by atoms with Crippen molar-refractivity contribution in [3.63, 3.8) is 0 Å². The van der Waals surface area contributed by atoms with E-state index in [0.717, 1.165) is 26.4 Å². The molecule has 1 heterocycles. The minimum absolute atomic E-state index is 0.00299. The standard InChI is InChI=1S/C13H13BrClNO/c1-8-5-9(7-10(15)6-8)12(16-2)13-11(14)3-4-17-13/h3-7,12,16H,1-2H3. The molecule has 4 heteroatoms. The number of benzene rings is 1. The zero-order valence-electron chi connectivity index (χ0n) is 9.63. The maximum absolute atomic E-state index is 6.08. The average Bonchev–Trinajstić information content (AvgIpc) is 2.65. The average molecular weight is 315 g/mol. The van der Waals surface area contributed by atoms with E-state index < -0.39 is 0 Å². The fourth-order valence-corrected chi connectivity index (χ4v) is 2.62. The van der Waals surface area contributed by atoms with E-state index in [1.165, 1.54) is 0 Å². The smallest absolute Gasteiger partial charge is 0.139 e. The molecule has 0 saturated carbocycles. The number of hydrogen-bond donors (Lipinski definition) is 1. The van der Waals surface area contributed by atoms with Crippen LogP contribution in [-0.2, 0) is 0 Å². The highest BCUT2D eigenvalue weighted by atomic mass is 79.9. The molecule has 1 N–H and O–H groups in total. The SMILES string of the molecule is CNC(c1cc(C)cc(Cl)c1)c1occc1Br. The molecule has 2 nitrogen and oxygen atoms in total. The van der Waals surface area contributed by atoms with Crippen molar-refractivity contribution in [3.8, 4) is 0 Å². The molecule has 1 unspecified atom stereocenters. The fraction of sp³-hybridized carbons (Fsp3) is 0.231. The molecule has 1 aromatic heterocycles. The Labute approximate surface area is 114 Å². The van der Waals surface area contributed by atoms with Gasteiger partial charge in [0.25, 0.3) is 0 Å². The van der Waals surface area contributed by atoms with Crippen molar-refractivity contribution in [2.75, 3.05) is 7.05 Å². The van der Waals surface area contributed by atoms with Crippen molar-refractivity contribution in [3.05, 3.63) is 56.9 Å². The summed E-state index contributed by atoms with van der Waals surface area (Å²) in [5.41, 5.74) is 2.23. The number of nitrogens with one attached hydrogen (secondary N) is 1. The first-order chi connectivity index (χ1) is 8.11. The molecule has 0 bridgehead atoms. The second-order valence-corrected chi connectivity index (χ2v) is 5.21. The lowest BCUT2D eigenvalue weighted by Crippen LogP contribution is -2.17.